The highest BCUT2D eigenvalue weighted by Crippen LogP contribution is 2.27. The molecule has 0 fully saturated rings. The summed E-state index contributed by atoms with van der Waals surface area (Å²) in [5.74, 6) is -0.209. The number of hydrogen-bond donors (Lipinski definition) is 0. The number of carbonyl (C=O) groups is 1. The minimum absolute atomic E-state index is 0.136. The van der Waals surface area contributed by atoms with Crippen molar-refractivity contribution in [2.45, 2.75) is 0 Å². The molecule has 0 aliphatic heterocycles. The monoisotopic (exact) mass is 292 g/mol. The van der Waals surface area contributed by atoms with Crippen molar-refractivity contribution in [1.82, 2.24) is 9.97 Å². The van der Waals surface area contributed by atoms with Crippen molar-refractivity contribution in [2.75, 3.05) is 11.9 Å². The molecule has 0 saturated heterocycles. The van der Waals surface area contributed by atoms with Crippen LogP contribution in [-0.2, 0) is 0 Å². The highest BCUT2D eigenvalue weighted by Gasteiger charge is 2.27. The zero-order valence-electron chi connectivity index (χ0n) is 10.4. The van der Waals surface area contributed by atoms with Gasteiger partial charge in [0, 0.05) is 19.4 Å². The van der Waals surface area contributed by atoms with Gasteiger partial charge in [0.1, 0.15) is 11.4 Å². The molecule has 2 heterocycles. The van der Waals surface area contributed by atoms with Crippen LogP contribution in [0.3, 0.4) is 0 Å². The molecule has 20 heavy (non-hydrogen) atoms. The summed E-state index contributed by atoms with van der Waals surface area (Å²) in [5, 5.41) is 10.7. The number of aromatic nitrogens is 2. The molecular formula is C12H9ClN4O3. The number of carbonyl (C=O) groups excluding carboxylic acids is 1. The van der Waals surface area contributed by atoms with Crippen molar-refractivity contribution in [3.63, 3.8) is 0 Å². The topological polar surface area (TPSA) is 89.2 Å². The number of nitrogens with zero attached hydrogens (tertiary/aromatic N) is 4. The van der Waals surface area contributed by atoms with E-state index in [2.05, 4.69) is 9.97 Å². The molecule has 0 radical (unpaired) electrons. The maximum atomic E-state index is 12.3. The lowest BCUT2D eigenvalue weighted by Gasteiger charge is -2.15. The second-order valence-corrected chi connectivity index (χ2v) is 4.17. The molecule has 7 nitrogen and oxygen atoms in total. The maximum Gasteiger partial charge on any atom is 0.319 e. The minimum Gasteiger partial charge on any atom is -0.296 e. The Morgan fingerprint density at radius 3 is 2.65 bits per heavy atom. The molecule has 8 heteroatoms. The summed E-state index contributed by atoms with van der Waals surface area (Å²) in [5.41, 5.74) is -0.648. The molecule has 0 saturated carbocycles. The Kier molecular flexibility index (Phi) is 3.90. The van der Waals surface area contributed by atoms with Crippen LogP contribution >= 0.6 is 11.6 Å². The van der Waals surface area contributed by atoms with E-state index in [4.69, 9.17) is 11.6 Å². The van der Waals surface area contributed by atoms with Crippen molar-refractivity contribution in [3.8, 4) is 0 Å². The van der Waals surface area contributed by atoms with Crippen LogP contribution < -0.4 is 4.90 Å². The largest absolute Gasteiger partial charge is 0.319 e. The molecule has 0 atom stereocenters. The Bertz CT molecular complexity index is 663. The van der Waals surface area contributed by atoms with Crippen molar-refractivity contribution in [1.29, 1.82) is 0 Å². The summed E-state index contributed by atoms with van der Waals surface area (Å²) < 4.78 is 0. The van der Waals surface area contributed by atoms with Crippen LogP contribution in [0.15, 0.2) is 36.7 Å². The molecule has 2 aromatic heterocycles. The first-order valence-electron chi connectivity index (χ1n) is 5.50. The second kappa shape index (κ2) is 5.62. The zero-order chi connectivity index (χ0) is 14.7. The van der Waals surface area contributed by atoms with Gasteiger partial charge in [-0.1, -0.05) is 17.7 Å². The van der Waals surface area contributed by atoms with E-state index >= 15 is 0 Å². The summed E-state index contributed by atoms with van der Waals surface area (Å²) in [7, 11) is 1.47. The quantitative estimate of drug-likeness (QED) is 0.492. The lowest BCUT2D eigenvalue weighted by Crippen LogP contribution is -2.27. The van der Waals surface area contributed by atoms with E-state index < -0.39 is 16.5 Å². The lowest BCUT2D eigenvalue weighted by molar-refractivity contribution is -0.385. The summed E-state index contributed by atoms with van der Waals surface area (Å²) >= 11 is 5.68. The third kappa shape index (κ3) is 2.57. The zero-order valence-corrected chi connectivity index (χ0v) is 11.1. The summed E-state index contributed by atoms with van der Waals surface area (Å²) in [6, 6.07) is 6.28. The van der Waals surface area contributed by atoms with Gasteiger partial charge in [-0.05, 0) is 18.2 Å². The fraction of sp³-hybridized carbons (Fsp3) is 0.0833. The third-order valence-corrected chi connectivity index (χ3v) is 2.87. The van der Waals surface area contributed by atoms with E-state index in [-0.39, 0.29) is 10.7 Å². The van der Waals surface area contributed by atoms with Crippen LogP contribution in [0.25, 0.3) is 0 Å². The van der Waals surface area contributed by atoms with Crippen molar-refractivity contribution in [2.24, 2.45) is 0 Å². The van der Waals surface area contributed by atoms with Gasteiger partial charge < -0.3 is 0 Å². The molecule has 1 amide bonds. The number of amides is 1. The molecule has 0 unspecified atom stereocenters. The van der Waals surface area contributed by atoms with Crippen LogP contribution in [0, 0.1) is 10.1 Å². The van der Waals surface area contributed by atoms with Crippen LogP contribution in [-0.4, -0.2) is 27.8 Å². The van der Waals surface area contributed by atoms with Gasteiger partial charge in [0.05, 0.1) is 4.92 Å². The number of pyridine rings is 2. The van der Waals surface area contributed by atoms with Gasteiger partial charge in [0.2, 0.25) is 5.15 Å². The van der Waals surface area contributed by atoms with Crippen LogP contribution in [0.1, 0.15) is 10.4 Å². The fourth-order valence-electron chi connectivity index (χ4n) is 1.61. The summed E-state index contributed by atoms with van der Waals surface area (Å²) in [6.07, 6.45) is 2.77. The molecule has 102 valence electrons. The van der Waals surface area contributed by atoms with Gasteiger partial charge in [0.15, 0.2) is 0 Å². The Labute approximate surface area is 119 Å². The number of nitro groups is 1. The molecule has 0 spiro atoms. The van der Waals surface area contributed by atoms with Crippen molar-refractivity contribution < 1.29 is 9.72 Å². The average Bonchev–Trinajstić information content (AvgIpc) is 2.46. The Hall–Kier alpha value is -2.54. The molecule has 0 aromatic carbocycles. The average molecular weight is 293 g/mol. The molecule has 2 aromatic rings. The van der Waals surface area contributed by atoms with E-state index in [1.54, 1.807) is 18.2 Å². The number of hydrogen-bond acceptors (Lipinski definition) is 5. The van der Waals surface area contributed by atoms with Gasteiger partial charge in [-0.3, -0.25) is 19.8 Å². The Morgan fingerprint density at radius 1 is 1.30 bits per heavy atom. The molecule has 0 aliphatic rings. The van der Waals surface area contributed by atoms with E-state index in [0.717, 1.165) is 0 Å². The molecule has 0 N–H and O–H groups in total. The fourth-order valence-corrected chi connectivity index (χ4v) is 1.84. The lowest BCUT2D eigenvalue weighted by atomic mass is 10.2. The normalized spacial score (nSPS) is 10.1. The molecule has 0 aliphatic carbocycles. The summed E-state index contributed by atoms with van der Waals surface area (Å²) in [4.78, 5) is 31.4. The van der Waals surface area contributed by atoms with E-state index in [1.165, 1.54) is 30.4 Å². The van der Waals surface area contributed by atoms with E-state index in [1.807, 2.05) is 0 Å². The van der Waals surface area contributed by atoms with Crippen LogP contribution in [0.4, 0.5) is 11.5 Å². The van der Waals surface area contributed by atoms with Gasteiger partial charge in [-0.2, -0.15) is 0 Å². The number of halogens is 1. The first-order valence-corrected chi connectivity index (χ1v) is 5.88. The molecule has 2 rings (SSSR count). The predicted octanol–water partition coefficient (Wildman–Crippen LogP) is 2.31. The van der Waals surface area contributed by atoms with Crippen LogP contribution in [0.2, 0.25) is 5.15 Å². The number of rotatable bonds is 3. The van der Waals surface area contributed by atoms with E-state index in [9.17, 15) is 14.9 Å². The highest BCUT2D eigenvalue weighted by molar-refractivity contribution is 6.32. The standard InChI is InChI=1S/C12H9ClN4O3/c1-16(9-4-2-3-6-14-9)12(18)8-5-7-15-11(13)10(8)17(19)20/h2-7H,1H3. The maximum absolute atomic E-state index is 12.3. The van der Waals surface area contributed by atoms with E-state index in [0.29, 0.717) is 5.82 Å². The van der Waals surface area contributed by atoms with Gasteiger partial charge in [0.25, 0.3) is 5.91 Å². The minimum atomic E-state index is -0.727. The van der Waals surface area contributed by atoms with Gasteiger partial charge in [-0.25, -0.2) is 9.97 Å². The molecule has 0 bridgehead atoms. The van der Waals surface area contributed by atoms with Gasteiger partial charge in [-0.15, -0.1) is 0 Å². The van der Waals surface area contributed by atoms with Crippen molar-refractivity contribution in [3.05, 3.63) is 57.5 Å². The Morgan fingerprint density at radius 2 is 2.05 bits per heavy atom. The number of anilines is 1. The second-order valence-electron chi connectivity index (χ2n) is 3.81. The SMILES string of the molecule is CN(C(=O)c1ccnc(Cl)c1[N+](=O)[O-])c1ccccn1. The first-order chi connectivity index (χ1) is 9.52. The van der Waals surface area contributed by atoms with Gasteiger partial charge >= 0.3 is 5.69 Å². The Balaban J connectivity index is 2.44. The first kappa shape index (κ1) is 13.9. The molecular weight excluding hydrogens is 284 g/mol. The predicted molar refractivity (Wildman–Crippen MR) is 72.9 cm³/mol. The summed E-state index contributed by atoms with van der Waals surface area (Å²) in [6.45, 7) is 0. The van der Waals surface area contributed by atoms with Crippen molar-refractivity contribution >= 4 is 29.0 Å². The third-order valence-electron chi connectivity index (χ3n) is 2.59. The van der Waals surface area contributed by atoms with Crippen LogP contribution in [0.5, 0.6) is 0 Å². The smallest absolute Gasteiger partial charge is 0.296 e. The highest BCUT2D eigenvalue weighted by atomic mass is 35.5.